The Hall–Kier alpha value is -1.56. The third-order valence-corrected chi connectivity index (χ3v) is 3.40. The Morgan fingerprint density at radius 1 is 0.778 bits per heavy atom. The SMILES string of the molecule is CCCc1ccccc1CCc1cccc(C)c1. The van der Waals surface area contributed by atoms with E-state index in [0.717, 1.165) is 12.8 Å². The largest absolute Gasteiger partial charge is 0.0651 e. The molecule has 0 aromatic heterocycles. The fraction of sp³-hybridized carbons (Fsp3) is 0.333. The van der Waals surface area contributed by atoms with E-state index in [1.54, 1.807) is 0 Å². The highest BCUT2D eigenvalue weighted by Gasteiger charge is 2.01. The van der Waals surface area contributed by atoms with E-state index in [9.17, 15) is 0 Å². The molecule has 0 aliphatic heterocycles. The predicted molar refractivity (Wildman–Crippen MR) is 79.0 cm³/mol. The molecule has 94 valence electrons. The van der Waals surface area contributed by atoms with Gasteiger partial charge in [0.05, 0.1) is 0 Å². The zero-order valence-corrected chi connectivity index (χ0v) is 11.4. The second-order valence-electron chi connectivity index (χ2n) is 5.01. The van der Waals surface area contributed by atoms with Gasteiger partial charge in [0, 0.05) is 0 Å². The molecule has 0 bridgehead atoms. The summed E-state index contributed by atoms with van der Waals surface area (Å²) in [6, 6.07) is 17.7. The lowest BCUT2D eigenvalue weighted by Gasteiger charge is -2.09. The highest BCUT2D eigenvalue weighted by molar-refractivity contribution is 5.29. The minimum Gasteiger partial charge on any atom is -0.0651 e. The van der Waals surface area contributed by atoms with Crippen LogP contribution in [0.3, 0.4) is 0 Å². The average Bonchev–Trinajstić information content (AvgIpc) is 2.38. The zero-order valence-electron chi connectivity index (χ0n) is 11.4. The smallest absolute Gasteiger partial charge is 0.0236 e. The highest BCUT2D eigenvalue weighted by atomic mass is 14.1. The van der Waals surface area contributed by atoms with Gasteiger partial charge in [-0.3, -0.25) is 0 Å². The van der Waals surface area contributed by atoms with E-state index >= 15 is 0 Å². The number of aryl methyl sites for hydroxylation is 4. The predicted octanol–water partition coefficient (Wildman–Crippen LogP) is 4.73. The van der Waals surface area contributed by atoms with Crippen molar-refractivity contribution < 1.29 is 0 Å². The first-order chi connectivity index (χ1) is 8.79. The van der Waals surface area contributed by atoms with E-state index in [-0.39, 0.29) is 0 Å². The van der Waals surface area contributed by atoms with Crippen molar-refractivity contribution in [1.82, 2.24) is 0 Å². The van der Waals surface area contributed by atoms with Crippen molar-refractivity contribution in [3.05, 3.63) is 70.8 Å². The Morgan fingerprint density at radius 3 is 2.17 bits per heavy atom. The van der Waals surface area contributed by atoms with Crippen molar-refractivity contribution in [2.24, 2.45) is 0 Å². The summed E-state index contributed by atoms with van der Waals surface area (Å²) in [6.07, 6.45) is 4.72. The number of rotatable bonds is 5. The van der Waals surface area contributed by atoms with Gasteiger partial charge in [-0.2, -0.15) is 0 Å². The fourth-order valence-electron chi connectivity index (χ4n) is 2.46. The minimum atomic E-state index is 1.14. The van der Waals surface area contributed by atoms with E-state index < -0.39 is 0 Å². The number of hydrogen-bond acceptors (Lipinski definition) is 0. The molecule has 0 heteroatoms. The topological polar surface area (TPSA) is 0 Å². The van der Waals surface area contributed by atoms with Gasteiger partial charge in [0.1, 0.15) is 0 Å². The van der Waals surface area contributed by atoms with Crippen LogP contribution in [-0.4, -0.2) is 0 Å². The maximum Gasteiger partial charge on any atom is -0.0236 e. The van der Waals surface area contributed by atoms with Gasteiger partial charge in [-0.1, -0.05) is 67.4 Å². The maximum atomic E-state index is 2.29. The molecule has 0 unspecified atom stereocenters. The summed E-state index contributed by atoms with van der Waals surface area (Å²) in [5.41, 5.74) is 5.84. The van der Waals surface area contributed by atoms with Crippen LogP contribution in [-0.2, 0) is 19.3 Å². The van der Waals surface area contributed by atoms with Crippen molar-refractivity contribution in [1.29, 1.82) is 0 Å². The van der Waals surface area contributed by atoms with Crippen LogP contribution in [0.5, 0.6) is 0 Å². The lowest BCUT2D eigenvalue weighted by atomic mass is 9.97. The second-order valence-corrected chi connectivity index (χ2v) is 5.01. The molecule has 0 aliphatic rings. The van der Waals surface area contributed by atoms with Gasteiger partial charge in [-0.05, 0) is 42.9 Å². The number of benzene rings is 2. The van der Waals surface area contributed by atoms with Crippen LogP contribution in [0.15, 0.2) is 48.5 Å². The van der Waals surface area contributed by atoms with Crippen LogP contribution < -0.4 is 0 Å². The third-order valence-electron chi connectivity index (χ3n) is 3.40. The Kier molecular flexibility index (Phi) is 4.58. The van der Waals surface area contributed by atoms with E-state index in [0.29, 0.717) is 0 Å². The van der Waals surface area contributed by atoms with E-state index in [1.165, 1.54) is 35.1 Å². The molecule has 0 N–H and O–H groups in total. The summed E-state index contributed by atoms with van der Waals surface area (Å²) in [4.78, 5) is 0. The average molecular weight is 238 g/mol. The van der Waals surface area contributed by atoms with Gasteiger partial charge >= 0.3 is 0 Å². The highest BCUT2D eigenvalue weighted by Crippen LogP contribution is 2.15. The van der Waals surface area contributed by atoms with Gasteiger partial charge in [-0.15, -0.1) is 0 Å². The lowest BCUT2D eigenvalue weighted by Crippen LogP contribution is -1.97. The lowest BCUT2D eigenvalue weighted by molar-refractivity contribution is 0.875. The van der Waals surface area contributed by atoms with Crippen molar-refractivity contribution in [2.45, 2.75) is 39.5 Å². The quantitative estimate of drug-likeness (QED) is 0.706. The van der Waals surface area contributed by atoms with Crippen LogP contribution in [0.1, 0.15) is 35.6 Å². The molecule has 2 aromatic rings. The third kappa shape index (κ3) is 3.46. The molecular formula is C18H22. The zero-order chi connectivity index (χ0) is 12.8. The molecule has 2 aromatic carbocycles. The second kappa shape index (κ2) is 6.39. The first-order valence-electron chi connectivity index (χ1n) is 6.92. The van der Waals surface area contributed by atoms with Crippen LogP contribution in [0.25, 0.3) is 0 Å². The molecule has 0 fully saturated rings. The van der Waals surface area contributed by atoms with Crippen LogP contribution >= 0.6 is 0 Å². The Labute approximate surface area is 111 Å². The molecule has 18 heavy (non-hydrogen) atoms. The summed E-state index contributed by atoms with van der Waals surface area (Å²) in [5, 5.41) is 0. The van der Waals surface area contributed by atoms with Crippen molar-refractivity contribution in [3.8, 4) is 0 Å². The molecule has 2 rings (SSSR count). The molecular weight excluding hydrogens is 216 g/mol. The standard InChI is InChI=1S/C18H22/c1-3-7-17-10-4-5-11-18(17)13-12-16-9-6-8-15(2)14-16/h4-6,8-11,14H,3,7,12-13H2,1-2H3. The Bertz CT molecular complexity index is 497. The van der Waals surface area contributed by atoms with E-state index in [2.05, 4.69) is 62.4 Å². The molecule has 0 amide bonds. The molecule has 0 radical (unpaired) electrons. The summed E-state index contributed by atoms with van der Waals surface area (Å²) in [7, 11) is 0. The van der Waals surface area contributed by atoms with Gasteiger partial charge < -0.3 is 0 Å². The number of hydrogen-bond donors (Lipinski definition) is 0. The normalized spacial score (nSPS) is 10.6. The Morgan fingerprint density at radius 2 is 1.50 bits per heavy atom. The first kappa shape index (κ1) is 12.9. The molecule has 0 atom stereocenters. The summed E-state index contributed by atoms with van der Waals surface area (Å²) in [5.74, 6) is 0. The van der Waals surface area contributed by atoms with Crippen LogP contribution in [0.2, 0.25) is 0 Å². The molecule has 0 heterocycles. The summed E-state index contributed by atoms with van der Waals surface area (Å²) < 4.78 is 0. The maximum absolute atomic E-state index is 2.29. The molecule has 0 nitrogen and oxygen atoms in total. The monoisotopic (exact) mass is 238 g/mol. The molecule has 0 saturated heterocycles. The Balaban J connectivity index is 2.06. The van der Waals surface area contributed by atoms with Crippen molar-refractivity contribution >= 4 is 0 Å². The summed E-state index contributed by atoms with van der Waals surface area (Å²) in [6.45, 7) is 4.41. The van der Waals surface area contributed by atoms with Gasteiger partial charge in [0.2, 0.25) is 0 Å². The van der Waals surface area contributed by atoms with Crippen molar-refractivity contribution in [2.75, 3.05) is 0 Å². The van der Waals surface area contributed by atoms with E-state index in [1.807, 2.05) is 0 Å². The molecule has 0 aliphatic carbocycles. The van der Waals surface area contributed by atoms with Crippen molar-refractivity contribution in [3.63, 3.8) is 0 Å². The first-order valence-corrected chi connectivity index (χ1v) is 6.92. The van der Waals surface area contributed by atoms with E-state index in [4.69, 9.17) is 0 Å². The molecule has 0 spiro atoms. The molecule has 0 saturated carbocycles. The van der Waals surface area contributed by atoms with Gasteiger partial charge in [0.15, 0.2) is 0 Å². The summed E-state index contributed by atoms with van der Waals surface area (Å²) >= 11 is 0. The minimum absolute atomic E-state index is 1.14. The van der Waals surface area contributed by atoms with Crippen LogP contribution in [0, 0.1) is 6.92 Å². The van der Waals surface area contributed by atoms with Gasteiger partial charge in [0.25, 0.3) is 0 Å². The van der Waals surface area contributed by atoms with Gasteiger partial charge in [-0.25, -0.2) is 0 Å². The fourth-order valence-corrected chi connectivity index (χ4v) is 2.46. The van der Waals surface area contributed by atoms with Crippen LogP contribution in [0.4, 0.5) is 0 Å².